The van der Waals surface area contributed by atoms with Gasteiger partial charge in [0, 0.05) is 5.56 Å². The summed E-state index contributed by atoms with van der Waals surface area (Å²) in [6.45, 7) is 3.18. The van der Waals surface area contributed by atoms with Crippen molar-refractivity contribution in [3.8, 4) is 22.8 Å². The number of nitrogens with zero attached hydrogens (tertiary/aromatic N) is 2. The molecule has 0 N–H and O–H groups in total. The number of alkyl halides is 3. The van der Waals surface area contributed by atoms with Crippen LogP contribution in [0.25, 0.3) is 22.3 Å². The van der Waals surface area contributed by atoms with E-state index in [-0.39, 0.29) is 38.1 Å². The van der Waals surface area contributed by atoms with Gasteiger partial charge in [-0.25, -0.2) is 18.4 Å². The Kier molecular flexibility index (Phi) is 6.26. The summed E-state index contributed by atoms with van der Waals surface area (Å²) >= 11 is 6.37. The maximum absolute atomic E-state index is 13.5. The molecule has 4 rings (SSSR count). The van der Waals surface area contributed by atoms with E-state index in [1.807, 2.05) is 0 Å². The van der Waals surface area contributed by atoms with Crippen LogP contribution in [0.15, 0.2) is 65.6 Å². The molecule has 0 bridgehead atoms. The molecular weight excluding hydrogens is 489 g/mol. The van der Waals surface area contributed by atoms with Crippen molar-refractivity contribution in [3.05, 3.63) is 76.9 Å². The lowest BCUT2D eigenvalue weighted by molar-refractivity contribution is -0.136. The number of ether oxygens (including phenoxy) is 1. The predicted octanol–water partition coefficient (Wildman–Crippen LogP) is 6.86. The van der Waals surface area contributed by atoms with Crippen molar-refractivity contribution >= 4 is 32.5 Å². The first kappa shape index (κ1) is 24.0. The molecule has 34 heavy (non-hydrogen) atoms. The molecule has 5 nitrogen and oxygen atoms in total. The molecule has 0 radical (unpaired) electrons. The van der Waals surface area contributed by atoms with Crippen molar-refractivity contribution in [2.24, 2.45) is 0 Å². The number of aryl methyl sites for hydroxylation is 1. The second kappa shape index (κ2) is 8.88. The van der Waals surface area contributed by atoms with Gasteiger partial charge in [0.1, 0.15) is 17.0 Å². The van der Waals surface area contributed by atoms with E-state index in [4.69, 9.17) is 16.3 Å². The van der Waals surface area contributed by atoms with E-state index >= 15 is 0 Å². The number of benzene rings is 3. The van der Waals surface area contributed by atoms with Gasteiger partial charge in [-0.1, -0.05) is 30.7 Å². The zero-order chi connectivity index (χ0) is 24.7. The predicted molar refractivity (Wildman–Crippen MR) is 124 cm³/mol. The lowest BCUT2D eigenvalue weighted by Gasteiger charge is -2.14. The fourth-order valence-corrected chi connectivity index (χ4v) is 4.55. The molecule has 0 aliphatic carbocycles. The molecule has 0 saturated carbocycles. The zero-order valence-corrected chi connectivity index (χ0v) is 19.6. The Morgan fingerprint density at radius 1 is 0.971 bits per heavy atom. The van der Waals surface area contributed by atoms with Gasteiger partial charge in [0.15, 0.2) is 9.84 Å². The monoisotopic (exact) mass is 506 g/mol. The molecule has 3 aromatic carbocycles. The Labute approximate surface area is 199 Å². The third-order valence-corrected chi connectivity index (χ3v) is 7.21. The molecule has 4 aromatic rings. The van der Waals surface area contributed by atoms with Crippen molar-refractivity contribution in [1.29, 1.82) is 0 Å². The molecule has 1 aromatic heterocycles. The number of hydrogen-bond donors (Lipinski definition) is 0. The van der Waals surface area contributed by atoms with Crippen molar-refractivity contribution in [3.63, 3.8) is 0 Å². The molecule has 0 saturated heterocycles. The number of para-hydroxylation sites is 1. The van der Waals surface area contributed by atoms with E-state index in [2.05, 4.69) is 9.97 Å². The summed E-state index contributed by atoms with van der Waals surface area (Å²) in [6, 6.07) is 14.4. The van der Waals surface area contributed by atoms with E-state index in [0.717, 1.165) is 6.07 Å². The van der Waals surface area contributed by atoms with Crippen LogP contribution in [-0.2, 0) is 16.0 Å². The Bertz CT molecular complexity index is 1510. The third kappa shape index (κ3) is 4.71. The van der Waals surface area contributed by atoms with Crippen LogP contribution in [0, 0.1) is 6.92 Å². The van der Waals surface area contributed by atoms with Crippen molar-refractivity contribution < 1.29 is 26.3 Å². The van der Waals surface area contributed by atoms with Crippen molar-refractivity contribution in [1.82, 2.24) is 9.97 Å². The number of aromatic nitrogens is 2. The number of fused-ring (bicyclic) bond motifs is 1. The highest BCUT2D eigenvalue weighted by atomic mass is 35.5. The van der Waals surface area contributed by atoms with Crippen LogP contribution in [-0.4, -0.2) is 24.1 Å². The van der Waals surface area contributed by atoms with Gasteiger partial charge in [0.2, 0.25) is 0 Å². The first-order valence-electron chi connectivity index (χ1n) is 10.1. The average Bonchev–Trinajstić information content (AvgIpc) is 2.79. The molecule has 0 aliphatic rings. The lowest BCUT2D eigenvalue weighted by Crippen LogP contribution is -2.08. The normalized spacial score (nSPS) is 12.2. The van der Waals surface area contributed by atoms with E-state index in [9.17, 15) is 21.6 Å². The molecule has 1 heterocycles. The topological polar surface area (TPSA) is 69.2 Å². The van der Waals surface area contributed by atoms with E-state index in [1.165, 1.54) is 36.4 Å². The summed E-state index contributed by atoms with van der Waals surface area (Å²) in [7, 11) is -3.42. The Balaban J connectivity index is 1.79. The molecule has 176 valence electrons. The fourth-order valence-electron chi connectivity index (χ4n) is 3.43. The zero-order valence-electron chi connectivity index (χ0n) is 18.0. The first-order chi connectivity index (χ1) is 16.0. The van der Waals surface area contributed by atoms with Crippen LogP contribution in [0.4, 0.5) is 13.2 Å². The Hall–Kier alpha value is -3.17. The van der Waals surface area contributed by atoms with Gasteiger partial charge in [-0.2, -0.15) is 13.2 Å². The Morgan fingerprint density at radius 2 is 1.68 bits per heavy atom. The highest BCUT2D eigenvalue weighted by Crippen LogP contribution is 2.37. The van der Waals surface area contributed by atoms with Crippen molar-refractivity contribution in [2.75, 3.05) is 5.75 Å². The molecule has 0 unspecified atom stereocenters. The van der Waals surface area contributed by atoms with Gasteiger partial charge in [0.25, 0.3) is 0 Å². The summed E-state index contributed by atoms with van der Waals surface area (Å²) in [4.78, 5) is 8.70. The number of sulfone groups is 1. The van der Waals surface area contributed by atoms with Crippen LogP contribution in [0.3, 0.4) is 0 Å². The summed E-state index contributed by atoms with van der Waals surface area (Å²) in [5.41, 5.74) is -0.149. The summed E-state index contributed by atoms with van der Waals surface area (Å²) in [5, 5.41) is 0.246. The largest absolute Gasteiger partial charge is 0.457 e. The molecule has 0 amide bonds. The first-order valence-corrected chi connectivity index (χ1v) is 12.2. The van der Waals surface area contributed by atoms with Gasteiger partial charge in [-0.15, -0.1) is 0 Å². The summed E-state index contributed by atoms with van der Waals surface area (Å²) in [6.07, 6.45) is -4.60. The minimum absolute atomic E-state index is 0.0542. The maximum atomic E-state index is 13.5. The van der Waals surface area contributed by atoms with E-state index in [0.29, 0.717) is 17.0 Å². The molecular formula is C24H18ClF3N2O3S. The van der Waals surface area contributed by atoms with Crippen molar-refractivity contribution in [2.45, 2.75) is 24.9 Å². The maximum Gasteiger partial charge on any atom is 0.418 e. The van der Waals surface area contributed by atoms with Gasteiger partial charge >= 0.3 is 6.18 Å². The minimum atomic E-state index is -4.60. The molecule has 0 aliphatic heterocycles. The SMILES string of the molecule is CCS(=O)(=O)c1cccc(Oc2ccc(Cl)c(-c3nc4c(C(F)(F)F)cccc4nc3C)c2)c1. The second-order valence-corrected chi connectivity index (χ2v) is 10.1. The van der Waals surface area contributed by atoms with E-state index in [1.54, 1.807) is 32.0 Å². The van der Waals surface area contributed by atoms with Crippen LogP contribution >= 0.6 is 11.6 Å². The van der Waals surface area contributed by atoms with Crippen LogP contribution in [0.5, 0.6) is 11.5 Å². The van der Waals surface area contributed by atoms with Gasteiger partial charge in [-0.3, -0.25) is 0 Å². The fraction of sp³-hybridized carbons (Fsp3) is 0.167. The number of hydrogen-bond acceptors (Lipinski definition) is 5. The van der Waals surface area contributed by atoms with Crippen LogP contribution in [0.2, 0.25) is 5.02 Å². The smallest absolute Gasteiger partial charge is 0.418 e. The summed E-state index contributed by atoms with van der Waals surface area (Å²) in [5.74, 6) is 0.529. The number of halogens is 4. The van der Waals surface area contributed by atoms with Gasteiger partial charge in [0.05, 0.1) is 38.1 Å². The van der Waals surface area contributed by atoms with E-state index < -0.39 is 21.6 Å². The highest BCUT2D eigenvalue weighted by molar-refractivity contribution is 7.91. The summed E-state index contributed by atoms with van der Waals surface area (Å²) < 4.78 is 70.7. The standard InChI is InChI=1S/C24H18ClF3N2O3S/c1-3-34(31,32)17-7-4-6-15(12-17)33-16-10-11-20(25)18(13-16)22-14(2)29-21-9-5-8-19(23(21)30-22)24(26,27)28/h4-13H,3H2,1-2H3. The highest BCUT2D eigenvalue weighted by Gasteiger charge is 2.33. The minimum Gasteiger partial charge on any atom is -0.457 e. The quantitative estimate of drug-likeness (QED) is 0.295. The molecule has 10 heteroatoms. The third-order valence-electron chi connectivity index (χ3n) is 5.15. The molecule has 0 spiro atoms. The Morgan fingerprint density at radius 3 is 2.38 bits per heavy atom. The second-order valence-electron chi connectivity index (χ2n) is 7.45. The number of rotatable bonds is 5. The van der Waals surface area contributed by atoms with Crippen LogP contribution in [0.1, 0.15) is 18.2 Å². The van der Waals surface area contributed by atoms with Gasteiger partial charge < -0.3 is 4.74 Å². The van der Waals surface area contributed by atoms with Gasteiger partial charge in [-0.05, 0) is 55.5 Å². The lowest BCUT2D eigenvalue weighted by atomic mass is 10.1. The molecule has 0 fully saturated rings. The molecule has 0 atom stereocenters. The average molecular weight is 507 g/mol. The van der Waals surface area contributed by atoms with Crippen LogP contribution < -0.4 is 4.74 Å².